The Kier molecular flexibility index (Phi) is 4.16. The lowest BCUT2D eigenvalue weighted by Gasteiger charge is -2.30. The van der Waals surface area contributed by atoms with Gasteiger partial charge in [0, 0.05) is 10.8 Å². The first kappa shape index (κ1) is 13.4. The van der Waals surface area contributed by atoms with Crippen LogP contribution >= 0.6 is 27.7 Å². The largest absolute Gasteiger partial charge is 0.326 e. The average molecular weight is 318 g/mol. The van der Waals surface area contributed by atoms with Crippen molar-refractivity contribution in [3.8, 4) is 0 Å². The van der Waals surface area contributed by atoms with Gasteiger partial charge in [-0.3, -0.25) is 0 Å². The highest BCUT2D eigenvalue weighted by molar-refractivity contribution is 9.10. The van der Waals surface area contributed by atoms with E-state index in [4.69, 9.17) is 5.73 Å². The van der Waals surface area contributed by atoms with Crippen molar-refractivity contribution >= 4 is 27.7 Å². The summed E-state index contributed by atoms with van der Waals surface area (Å²) in [6.07, 6.45) is 3.12. The van der Waals surface area contributed by atoms with Crippen LogP contribution in [0.1, 0.15) is 25.3 Å². The Hall–Kier alpha value is -0.0600. The molecule has 1 saturated heterocycles. The van der Waals surface area contributed by atoms with E-state index in [1.807, 2.05) is 17.8 Å². The molecule has 0 amide bonds. The molecule has 1 aromatic rings. The number of halogens is 2. The molecule has 2 unspecified atom stereocenters. The van der Waals surface area contributed by atoms with Gasteiger partial charge in [0.25, 0.3) is 0 Å². The van der Waals surface area contributed by atoms with E-state index in [2.05, 4.69) is 22.9 Å². The molecule has 1 aliphatic heterocycles. The summed E-state index contributed by atoms with van der Waals surface area (Å²) in [5, 5.41) is 0. The Balaban J connectivity index is 2.12. The van der Waals surface area contributed by atoms with Crippen molar-refractivity contribution in [3.63, 3.8) is 0 Å². The maximum atomic E-state index is 13.4. The van der Waals surface area contributed by atoms with E-state index in [0.717, 1.165) is 18.4 Å². The van der Waals surface area contributed by atoms with Gasteiger partial charge in [-0.05, 0) is 59.5 Å². The molecule has 1 aromatic carbocycles. The minimum atomic E-state index is -0.209. The van der Waals surface area contributed by atoms with Crippen LogP contribution in [0.5, 0.6) is 0 Å². The molecule has 0 saturated carbocycles. The van der Waals surface area contributed by atoms with E-state index in [1.165, 1.54) is 18.2 Å². The molecule has 4 heteroatoms. The number of thioether (sulfide) groups is 1. The monoisotopic (exact) mass is 317 g/mol. The highest BCUT2D eigenvalue weighted by atomic mass is 79.9. The van der Waals surface area contributed by atoms with Gasteiger partial charge in [-0.15, -0.1) is 0 Å². The normalized spacial score (nSPS) is 26.1. The third-order valence-corrected chi connectivity index (χ3v) is 6.05. The van der Waals surface area contributed by atoms with Crippen molar-refractivity contribution in [1.29, 1.82) is 0 Å². The van der Waals surface area contributed by atoms with Crippen LogP contribution in [0.4, 0.5) is 4.39 Å². The van der Waals surface area contributed by atoms with Gasteiger partial charge in [-0.25, -0.2) is 4.39 Å². The van der Waals surface area contributed by atoms with Crippen LogP contribution in [0.15, 0.2) is 22.7 Å². The first-order valence-corrected chi connectivity index (χ1v) is 7.63. The molecule has 17 heavy (non-hydrogen) atoms. The van der Waals surface area contributed by atoms with E-state index in [1.54, 1.807) is 6.07 Å². The Bertz CT molecular complexity index is 404. The standard InChI is InChI=1S/C13H17BrFNS/c1-13(6-3-7-17-13)11(16)8-9-4-2-5-10(15)12(9)14/h2,4-5,11H,3,6-8,16H2,1H3. The molecule has 1 nitrogen and oxygen atoms in total. The van der Waals surface area contributed by atoms with Gasteiger partial charge in [-0.1, -0.05) is 12.1 Å². The first-order chi connectivity index (χ1) is 8.03. The maximum Gasteiger partial charge on any atom is 0.137 e. The van der Waals surface area contributed by atoms with E-state index >= 15 is 0 Å². The minimum Gasteiger partial charge on any atom is -0.326 e. The number of rotatable bonds is 3. The zero-order valence-corrected chi connectivity index (χ0v) is 12.3. The van der Waals surface area contributed by atoms with Crippen molar-refractivity contribution in [2.75, 3.05) is 5.75 Å². The molecule has 0 bridgehead atoms. The fourth-order valence-corrected chi connectivity index (χ4v) is 4.02. The molecular formula is C13H17BrFNS. The Morgan fingerprint density at radius 3 is 3.00 bits per heavy atom. The average Bonchev–Trinajstić information content (AvgIpc) is 2.73. The summed E-state index contributed by atoms with van der Waals surface area (Å²) in [7, 11) is 0. The third-order valence-electron chi connectivity index (χ3n) is 3.51. The lowest BCUT2D eigenvalue weighted by molar-refractivity contribution is 0.480. The molecule has 1 aliphatic rings. The maximum absolute atomic E-state index is 13.4. The highest BCUT2D eigenvalue weighted by Crippen LogP contribution is 2.41. The minimum absolute atomic E-state index is 0.0769. The SMILES string of the molecule is CC1(C(N)Cc2cccc(F)c2Br)CCCS1. The van der Waals surface area contributed by atoms with E-state index in [0.29, 0.717) is 4.47 Å². The second kappa shape index (κ2) is 5.29. The second-order valence-corrected chi connectivity index (χ2v) is 7.21. The summed E-state index contributed by atoms with van der Waals surface area (Å²) < 4.78 is 14.1. The van der Waals surface area contributed by atoms with Crippen LogP contribution in [-0.4, -0.2) is 16.5 Å². The zero-order valence-electron chi connectivity index (χ0n) is 9.88. The lowest BCUT2D eigenvalue weighted by atomic mass is 9.91. The Morgan fingerprint density at radius 2 is 2.35 bits per heavy atom. The van der Waals surface area contributed by atoms with Gasteiger partial charge < -0.3 is 5.73 Å². The Labute approximate surface area is 114 Å². The molecule has 0 radical (unpaired) electrons. The molecule has 0 aliphatic carbocycles. The van der Waals surface area contributed by atoms with Gasteiger partial charge in [0.05, 0.1) is 4.47 Å². The van der Waals surface area contributed by atoms with E-state index in [9.17, 15) is 4.39 Å². The van der Waals surface area contributed by atoms with Crippen molar-refractivity contribution in [3.05, 3.63) is 34.1 Å². The molecular weight excluding hydrogens is 301 g/mol. The molecule has 94 valence electrons. The fraction of sp³-hybridized carbons (Fsp3) is 0.538. The fourth-order valence-electron chi connectivity index (χ4n) is 2.25. The second-order valence-electron chi connectivity index (χ2n) is 4.79. The van der Waals surface area contributed by atoms with Crippen LogP contribution < -0.4 is 5.73 Å². The molecule has 1 heterocycles. The number of nitrogens with two attached hydrogens (primary N) is 1. The zero-order chi connectivity index (χ0) is 12.5. The predicted octanol–water partition coefficient (Wildman–Crippen LogP) is 3.74. The lowest BCUT2D eigenvalue weighted by Crippen LogP contribution is -2.42. The van der Waals surface area contributed by atoms with Crippen LogP contribution in [0.25, 0.3) is 0 Å². The van der Waals surface area contributed by atoms with Crippen LogP contribution in [0, 0.1) is 5.82 Å². The van der Waals surface area contributed by atoms with Crippen molar-refractivity contribution in [1.82, 2.24) is 0 Å². The van der Waals surface area contributed by atoms with Gasteiger partial charge in [0.15, 0.2) is 0 Å². The molecule has 1 fully saturated rings. The van der Waals surface area contributed by atoms with Crippen molar-refractivity contribution in [2.24, 2.45) is 5.73 Å². The summed E-state index contributed by atoms with van der Waals surface area (Å²) in [5.74, 6) is 0.980. The molecule has 2 N–H and O–H groups in total. The number of benzene rings is 1. The highest BCUT2D eigenvalue weighted by Gasteiger charge is 2.35. The van der Waals surface area contributed by atoms with Crippen LogP contribution in [0.2, 0.25) is 0 Å². The van der Waals surface area contributed by atoms with E-state index in [-0.39, 0.29) is 16.6 Å². The molecule has 2 atom stereocenters. The molecule has 2 rings (SSSR count). The van der Waals surface area contributed by atoms with Crippen LogP contribution in [0.3, 0.4) is 0 Å². The number of hydrogen-bond donors (Lipinski definition) is 1. The smallest absolute Gasteiger partial charge is 0.137 e. The quantitative estimate of drug-likeness (QED) is 0.919. The summed E-state index contributed by atoms with van der Waals surface area (Å²) in [6, 6.07) is 5.22. The van der Waals surface area contributed by atoms with Crippen molar-refractivity contribution < 1.29 is 4.39 Å². The van der Waals surface area contributed by atoms with Crippen molar-refractivity contribution in [2.45, 2.75) is 37.0 Å². The first-order valence-electron chi connectivity index (χ1n) is 5.85. The molecule has 0 aromatic heterocycles. The number of hydrogen-bond acceptors (Lipinski definition) is 2. The topological polar surface area (TPSA) is 26.0 Å². The van der Waals surface area contributed by atoms with Gasteiger partial charge in [-0.2, -0.15) is 11.8 Å². The molecule has 0 spiro atoms. The Morgan fingerprint density at radius 1 is 1.59 bits per heavy atom. The summed E-state index contributed by atoms with van der Waals surface area (Å²) in [4.78, 5) is 0. The van der Waals surface area contributed by atoms with Gasteiger partial charge in [0.2, 0.25) is 0 Å². The van der Waals surface area contributed by atoms with Gasteiger partial charge in [0.1, 0.15) is 5.82 Å². The van der Waals surface area contributed by atoms with Gasteiger partial charge >= 0.3 is 0 Å². The summed E-state index contributed by atoms with van der Waals surface area (Å²) in [6.45, 7) is 2.22. The predicted molar refractivity (Wildman–Crippen MR) is 75.9 cm³/mol. The third kappa shape index (κ3) is 2.85. The van der Waals surface area contributed by atoms with E-state index < -0.39 is 0 Å². The van der Waals surface area contributed by atoms with Crippen LogP contribution in [-0.2, 0) is 6.42 Å². The summed E-state index contributed by atoms with van der Waals surface area (Å²) >= 11 is 5.25. The summed E-state index contributed by atoms with van der Waals surface area (Å²) in [5.41, 5.74) is 7.26.